The number of rotatable bonds is 8. The van der Waals surface area contributed by atoms with E-state index in [-0.39, 0.29) is 18.4 Å². The monoisotopic (exact) mass is 455 g/mol. The molecule has 1 aromatic heterocycles. The molecular formula is C28H29N3OS. The van der Waals surface area contributed by atoms with Gasteiger partial charge in [-0.2, -0.15) is 0 Å². The first-order valence-corrected chi connectivity index (χ1v) is 11.9. The van der Waals surface area contributed by atoms with Crippen LogP contribution in [0.25, 0.3) is 21.0 Å². The van der Waals surface area contributed by atoms with E-state index in [1.165, 1.54) is 11.1 Å². The van der Waals surface area contributed by atoms with Crippen LogP contribution in [-0.2, 0) is 11.2 Å². The maximum Gasteiger partial charge on any atom is 0.226 e. The van der Waals surface area contributed by atoms with Crippen molar-refractivity contribution in [3.8, 4) is 21.0 Å². The van der Waals surface area contributed by atoms with Crippen LogP contribution in [0.15, 0.2) is 84.9 Å². The molecule has 5 heteroatoms. The van der Waals surface area contributed by atoms with Gasteiger partial charge in [0.1, 0.15) is 5.01 Å². The molecule has 4 aromatic rings. The number of carbonyl (C=O) groups is 1. The highest BCUT2D eigenvalue weighted by Crippen LogP contribution is 2.36. The fourth-order valence-electron chi connectivity index (χ4n) is 3.81. The number of nitrogens with zero attached hydrogens (tertiary/aromatic N) is 2. The first-order chi connectivity index (χ1) is 16.0. The van der Waals surface area contributed by atoms with Gasteiger partial charge in [0.25, 0.3) is 0 Å². The molecule has 0 aliphatic heterocycles. The van der Waals surface area contributed by atoms with Crippen LogP contribution >= 0.6 is 11.3 Å². The first kappa shape index (κ1) is 22.9. The summed E-state index contributed by atoms with van der Waals surface area (Å²) in [7, 11) is 4.07. The Labute approximate surface area is 199 Å². The molecule has 0 saturated carbocycles. The summed E-state index contributed by atoms with van der Waals surface area (Å²) in [5.41, 5.74) is 5.38. The fraction of sp³-hybridized carbons (Fsp3) is 0.214. The molecule has 33 heavy (non-hydrogen) atoms. The molecule has 1 atom stereocenters. The first-order valence-electron chi connectivity index (χ1n) is 11.1. The number of carbonyl (C=O) groups excluding carboxylic acids is 1. The highest BCUT2D eigenvalue weighted by Gasteiger charge is 2.19. The Hall–Kier alpha value is -3.28. The SMILES string of the molecule is Cc1ccc(-c2sc(-c3ccccc3)nc2CC(=O)NCC(c2ccccc2)N(C)C)cc1. The van der Waals surface area contributed by atoms with Gasteiger partial charge in [-0.1, -0.05) is 90.5 Å². The molecular weight excluding hydrogens is 426 g/mol. The Morgan fingerprint density at radius 1 is 0.909 bits per heavy atom. The van der Waals surface area contributed by atoms with Crippen molar-refractivity contribution in [1.82, 2.24) is 15.2 Å². The molecule has 0 fully saturated rings. The average molecular weight is 456 g/mol. The lowest BCUT2D eigenvalue weighted by Crippen LogP contribution is -2.35. The second-order valence-corrected chi connectivity index (χ2v) is 9.40. The van der Waals surface area contributed by atoms with E-state index >= 15 is 0 Å². The number of aromatic nitrogens is 1. The van der Waals surface area contributed by atoms with E-state index in [2.05, 4.69) is 65.7 Å². The summed E-state index contributed by atoms with van der Waals surface area (Å²) in [6.07, 6.45) is 0.251. The summed E-state index contributed by atoms with van der Waals surface area (Å²) in [6, 6.07) is 28.9. The van der Waals surface area contributed by atoms with Crippen molar-refractivity contribution in [3.05, 3.63) is 102 Å². The normalized spacial score (nSPS) is 12.0. The minimum absolute atomic E-state index is 0.0175. The lowest BCUT2D eigenvalue weighted by molar-refractivity contribution is -0.120. The van der Waals surface area contributed by atoms with Crippen LogP contribution in [0.2, 0.25) is 0 Å². The Bertz CT molecular complexity index is 1190. The zero-order valence-corrected chi connectivity index (χ0v) is 20.1. The van der Waals surface area contributed by atoms with Gasteiger partial charge in [-0.3, -0.25) is 4.79 Å². The van der Waals surface area contributed by atoms with E-state index in [9.17, 15) is 4.79 Å². The molecule has 0 spiro atoms. The second kappa shape index (κ2) is 10.6. The van der Waals surface area contributed by atoms with Gasteiger partial charge in [0.05, 0.1) is 23.0 Å². The fourth-order valence-corrected chi connectivity index (χ4v) is 4.90. The third-order valence-electron chi connectivity index (χ3n) is 5.66. The number of amides is 1. The molecule has 1 amide bonds. The smallest absolute Gasteiger partial charge is 0.226 e. The molecule has 0 aliphatic rings. The molecule has 1 N–H and O–H groups in total. The summed E-state index contributed by atoms with van der Waals surface area (Å²) in [5.74, 6) is -0.0175. The van der Waals surface area contributed by atoms with Crippen molar-refractivity contribution in [2.24, 2.45) is 0 Å². The van der Waals surface area contributed by atoms with Gasteiger partial charge >= 0.3 is 0 Å². The molecule has 0 radical (unpaired) electrons. The summed E-state index contributed by atoms with van der Waals surface area (Å²) < 4.78 is 0. The molecule has 3 aromatic carbocycles. The van der Waals surface area contributed by atoms with Crippen LogP contribution in [0.3, 0.4) is 0 Å². The maximum absolute atomic E-state index is 13.0. The maximum atomic E-state index is 13.0. The van der Waals surface area contributed by atoms with Gasteiger partial charge in [-0.05, 0) is 32.1 Å². The highest BCUT2D eigenvalue weighted by molar-refractivity contribution is 7.18. The molecule has 4 nitrogen and oxygen atoms in total. The predicted molar refractivity (Wildman–Crippen MR) is 137 cm³/mol. The Kier molecular flexibility index (Phi) is 7.33. The van der Waals surface area contributed by atoms with E-state index in [1.54, 1.807) is 11.3 Å². The molecule has 0 saturated heterocycles. The van der Waals surface area contributed by atoms with Gasteiger partial charge < -0.3 is 10.2 Å². The Morgan fingerprint density at radius 3 is 2.18 bits per heavy atom. The van der Waals surface area contributed by atoms with E-state index in [0.717, 1.165) is 26.7 Å². The minimum Gasteiger partial charge on any atom is -0.354 e. The number of hydrogen-bond acceptors (Lipinski definition) is 4. The molecule has 0 bridgehead atoms. The summed E-state index contributed by atoms with van der Waals surface area (Å²) >= 11 is 1.64. The van der Waals surface area contributed by atoms with E-state index in [0.29, 0.717) is 6.54 Å². The standard InChI is InChI=1S/C28H29N3OS/c1-20-14-16-22(17-15-20)27-24(30-28(33-27)23-12-8-5-9-13-23)18-26(32)29-19-25(31(2)3)21-10-6-4-7-11-21/h4-17,25H,18-19H2,1-3H3,(H,29,32). The van der Waals surface area contributed by atoms with E-state index in [4.69, 9.17) is 4.98 Å². The van der Waals surface area contributed by atoms with Gasteiger partial charge in [0, 0.05) is 12.1 Å². The number of thiazole rings is 1. The molecule has 168 valence electrons. The Morgan fingerprint density at radius 2 is 1.55 bits per heavy atom. The zero-order chi connectivity index (χ0) is 23.2. The van der Waals surface area contributed by atoms with Crippen LogP contribution in [0, 0.1) is 6.92 Å². The van der Waals surface area contributed by atoms with Crippen molar-refractivity contribution in [1.29, 1.82) is 0 Å². The number of hydrogen-bond donors (Lipinski definition) is 1. The lowest BCUT2D eigenvalue weighted by Gasteiger charge is -2.25. The highest BCUT2D eigenvalue weighted by atomic mass is 32.1. The number of likely N-dealkylation sites (N-methyl/N-ethyl adjacent to an activating group) is 1. The minimum atomic E-state index is -0.0175. The number of aryl methyl sites for hydroxylation is 1. The van der Waals surface area contributed by atoms with Crippen molar-refractivity contribution in [2.75, 3.05) is 20.6 Å². The molecule has 0 aliphatic carbocycles. The number of benzene rings is 3. The third-order valence-corrected chi connectivity index (χ3v) is 6.86. The van der Waals surface area contributed by atoms with Gasteiger partial charge in [-0.15, -0.1) is 11.3 Å². The molecule has 1 heterocycles. The third kappa shape index (κ3) is 5.75. The van der Waals surface area contributed by atoms with Crippen LogP contribution in [0.4, 0.5) is 0 Å². The summed E-state index contributed by atoms with van der Waals surface area (Å²) in [6.45, 7) is 2.62. The van der Waals surface area contributed by atoms with Crippen molar-refractivity contribution in [3.63, 3.8) is 0 Å². The van der Waals surface area contributed by atoms with Crippen molar-refractivity contribution < 1.29 is 4.79 Å². The van der Waals surface area contributed by atoms with Crippen LogP contribution < -0.4 is 5.32 Å². The second-order valence-electron chi connectivity index (χ2n) is 8.40. The lowest BCUT2D eigenvalue weighted by atomic mass is 10.1. The van der Waals surface area contributed by atoms with Crippen LogP contribution in [0.5, 0.6) is 0 Å². The predicted octanol–water partition coefficient (Wildman–Crippen LogP) is 5.75. The van der Waals surface area contributed by atoms with E-state index in [1.807, 2.05) is 50.5 Å². The van der Waals surface area contributed by atoms with Gasteiger partial charge in [0.2, 0.25) is 5.91 Å². The van der Waals surface area contributed by atoms with Crippen molar-refractivity contribution >= 4 is 17.2 Å². The average Bonchev–Trinajstić information content (AvgIpc) is 3.24. The summed E-state index contributed by atoms with van der Waals surface area (Å²) in [4.78, 5) is 21.1. The summed E-state index contributed by atoms with van der Waals surface area (Å²) in [5, 5.41) is 4.07. The molecule has 1 unspecified atom stereocenters. The van der Waals surface area contributed by atoms with Gasteiger partial charge in [-0.25, -0.2) is 4.98 Å². The van der Waals surface area contributed by atoms with Crippen LogP contribution in [0.1, 0.15) is 22.9 Å². The quantitative estimate of drug-likeness (QED) is 0.368. The Balaban J connectivity index is 1.55. The topological polar surface area (TPSA) is 45.2 Å². The van der Waals surface area contributed by atoms with Crippen LogP contribution in [-0.4, -0.2) is 36.4 Å². The largest absolute Gasteiger partial charge is 0.354 e. The van der Waals surface area contributed by atoms with Gasteiger partial charge in [0.15, 0.2) is 0 Å². The number of nitrogens with one attached hydrogen (secondary N) is 1. The van der Waals surface area contributed by atoms with E-state index < -0.39 is 0 Å². The zero-order valence-electron chi connectivity index (χ0n) is 19.3. The van der Waals surface area contributed by atoms with Crippen molar-refractivity contribution in [2.45, 2.75) is 19.4 Å². The molecule has 4 rings (SSSR count).